The van der Waals surface area contributed by atoms with Crippen LogP contribution in [0.2, 0.25) is 0 Å². The van der Waals surface area contributed by atoms with Gasteiger partial charge < -0.3 is 9.47 Å². The van der Waals surface area contributed by atoms with Crippen LogP contribution in [-0.2, 0) is 19.6 Å². The highest BCUT2D eigenvalue weighted by molar-refractivity contribution is 4.55. The summed E-state index contributed by atoms with van der Waals surface area (Å²) in [4.78, 5) is 3.51. The lowest BCUT2D eigenvalue weighted by Crippen LogP contribution is -2.18. The van der Waals surface area contributed by atoms with Gasteiger partial charge in [-0.3, -0.25) is 0 Å². The zero-order valence-corrected chi connectivity index (χ0v) is 7.20. The number of rotatable bonds is 6. The van der Waals surface area contributed by atoms with Gasteiger partial charge in [-0.15, -0.1) is 0 Å². The van der Waals surface area contributed by atoms with Crippen LogP contribution in [0, 0.1) is 0 Å². The van der Waals surface area contributed by atoms with Crippen LogP contribution in [0.4, 0.5) is 0 Å². The number of methoxy groups -OCH3 is 1. The minimum absolute atomic E-state index is 0.00102. The summed E-state index contributed by atoms with van der Waals surface area (Å²) >= 11 is 0. The molecule has 67 valence electrons. The molecule has 0 N–H and O–H groups in total. The molecule has 4 heteroatoms. The summed E-state index contributed by atoms with van der Waals surface area (Å²) < 4.78 is 9.95. The van der Waals surface area contributed by atoms with Crippen LogP contribution in [-0.4, -0.2) is 26.1 Å². The Bertz CT molecular complexity index is 86.5. The summed E-state index contributed by atoms with van der Waals surface area (Å²) in [5, 5.41) is 9.53. The molecule has 0 bridgehead atoms. The third-order valence-corrected chi connectivity index (χ3v) is 1.47. The van der Waals surface area contributed by atoms with E-state index >= 15 is 0 Å². The van der Waals surface area contributed by atoms with Gasteiger partial charge in [0.1, 0.15) is 0 Å². The van der Waals surface area contributed by atoms with Crippen LogP contribution in [0.3, 0.4) is 0 Å². The van der Waals surface area contributed by atoms with Crippen molar-refractivity contribution in [3.63, 3.8) is 0 Å². The second-order valence-electron chi connectivity index (χ2n) is 2.50. The average molecular weight is 163 g/mol. The van der Waals surface area contributed by atoms with Gasteiger partial charge in [0.2, 0.25) is 0 Å². The summed E-state index contributed by atoms with van der Waals surface area (Å²) in [6.07, 6.45) is 0.912. The molecule has 4 nitrogen and oxygen atoms in total. The molecule has 0 aromatic heterocycles. The maximum atomic E-state index is 9.53. The lowest BCUT2D eigenvalue weighted by Gasteiger charge is -2.15. The third-order valence-electron chi connectivity index (χ3n) is 1.47. The van der Waals surface area contributed by atoms with Gasteiger partial charge in [-0.2, -0.15) is 4.89 Å². The molecule has 0 aromatic carbocycles. The van der Waals surface area contributed by atoms with E-state index in [0.717, 1.165) is 6.42 Å². The van der Waals surface area contributed by atoms with E-state index < -0.39 is 0 Å². The van der Waals surface area contributed by atoms with Gasteiger partial charge in [-0.05, 0) is 25.5 Å². The van der Waals surface area contributed by atoms with Gasteiger partial charge in [0, 0.05) is 7.11 Å². The van der Waals surface area contributed by atoms with E-state index in [2.05, 4.69) is 4.89 Å². The molecular formula is C7H15O4. The van der Waals surface area contributed by atoms with Crippen molar-refractivity contribution in [1.29, 1.82) is 0 Å². The fourth-order valence-electron chi connectivity index (χ4n) is 0.776. The van der Waals surface area contributed by atoms with E-state index in [4.69, 9.17) is 9.47 Å². The van der Waals surface area contributed by atoms with Crippen LogP contribution in [0.15, 0.2) is 0 Å². The zero-order valence-electron chi connectivity index (χ0n) is 7.20. The Morgan fingerprint density at radius 1 is 1.27 bits per heavy atom. The number of hydrogen-bond acceptors (Lipinski definition) is 3. The predicted octanol–water partition coefficient (Wildman–Crippen LogP) is 1.14. The van der Waals surface area contributed by atoms with Gasteiger partial charge >= 0.3 is 0 Å². The number of ether oxygens (including phenoxy) is 2. The van der Waals surface area contributed by atoms with E-state index in [1.165, 1.54) is 0 Å². The molecule has 0 aliphatic rings. The lowest BCUT2D eigenvalue weighted by molar-refractivity contribution is -0.352. The van der Waals surface area contributed by atoms with Crippen LogP contribution in [0.1, 0.15) is 20.3 Å². The smallest absolute Gasteiger partial charge is 0.184 e. The fourth-order valence-corrected chi connectivity index (χ4v) is 0.776. The molecule has 2 atom stereocenters. The summed E-state index contributed by atoms with van der Waals surface area (Å²) in [6, 6.07) is 0. The van der Waals surface area contributed by atoms with Crippen LogP contribution < -0.4 is 0 Å². The van der Waals surface area contributed by atoms with E-state index in [1.807, 2.05) is 13.8 Å². The maximum Gasteiger partial charge on any atom is 0.184 e. The molecule has 0 saturated heterocycles. The molecule has 0 heterocycles. The third kappa shape index (κ3) is 6.25. The Kier molecular flexibility index (Phi) is 6.45. The first-order valence-electron chi connectivity index (χ1n) is 3.59. The van der Waals surface area contributed by atoms with Crippen LogP contribution in [0.25, 0.3) is 0 Å². The number of hydrogen-bond donors (Lipinski definition) is 0. The molecule has 0 spiro atoms. The standard InChI is InChI=1S/C7H15O4/c1-6(9-3)4-7(2)10-5-11-8/h6-7H,4-5H2,1-3H3. The molecule has 2 unspecified atom stereocenters. The Morgan fingerprint density at radius 3 is 2.36 bits per heavy atom. The fraction of sp³-hybridized carbons (Fsp3) is 1.00. The first-order valence-corrected chi connectivity index (χ1v) is 3.59. The molecule has 0 amide bonds. The largest absolute Gasteiger partial charge is 0.382 e. The van der Waals surface area contributed by atoms with E-state index in [9.17, 15) is 5.26 Å². The topological polar surface area (TPSA) is 47.6 Å². The Labute approximate surface area is 67.0 Å². The monoisotopic (exact) mass is 163 g/mol. The maximum absolute atomic E-state index is 9.53. The van der Waals surface area contributed by atoms with Crippen molar-refractivity contribution in [3.05, 3.63) is 0 Å². The van der Waals surface area contributed by atoms with Crippen molar-refractivity contribution in [2.75, 3.05) is 13.9 Å². The molecule has 0 aliphatic heterocycles. The van der Waals surface area contributed by atoms with E-state index in [-0.39, 0.29) is 19.0 Å². The van der Waals surface area contributed by atoms with Crippen molar-refractivity contribution < 1.29 is 19.6 Å². The zero-order chi connectivity index (χ0) is 8.69. The Balaban J connectivity index is 3.27. The quantitative estimate of drug-likeness (QED) is 0.335. The predicted molar refractivity (Wildman–Crippen MR) is 38.3 cm³/mol. The molecule has 0 aliphatic carbocycles. The van der Waals surface area contributed by atoms with Gasteiger partial charge in [0.25, 0.3) is 0 Å². The van der Waals surface area contributed by atoms with Crippen LogP contribution in [0.5, 0.6) is 0 Å². The minimum atomic E-state index is -0.197. The van der Waals surface area contributed by atoms with Crippen molar-refractivity contribution in [3.8, 4) is 0 Å². The molecule has 0 rings (SSSR count). The first kappa shape index (κ1) is 10.8. The summed E-state index contributed by atoms with van der Waals surface area (Å²) in [5.41, 5.74) is 0. The summed E-state index contributed by atoms with van der Waals surface area (Å²) in [6.45, 7) is 3.62. The highest BCUT2D eigenvalue weighted by atomic mass is 17.1. The van der Waals surface area contributed by atoms with Crippen molar-refractivity contribution in [2.45, 2.75) is 32.5 Å². The molecule has 11 heavy (non-hydrogen) atoms. The van der Waals surface area contributed by atoms with Gasteiger partial charge in [-0.25, -0.2) is 0 Å². The molecule has 0 fully saturated rings. The Hall–Kier alpha value is -0.160. The highest BCUT2D eigenvalue weighted by Gasteiger charge is 2.07. The van der Waals surface area contributed by atoms with Crippen molar-refractivity contribution >= 4 is 0 Å². The summed E-state index contributed by atoms with van der Waals surface area (Å²) in [5.74, 6) is 0. The van der Waals surface area contributed by atoms with Crippen molar-refractivity contribution in [2.24, 2.45) is 0 Å². The Morgan fingerprint density at radius 2 is 1.91 bits per heavy atom. The van der Waals surface area contributed by atoms with E-state index in [0.29, 0.717) is 0 Å². The molecular weight excluding hydrogens is 148 g/mol. The lowest BCUT2D eigenvalue weighted by atomic mass is 10.2. The summed E-state index contributed by atoms with van der Waals surface area (Å²) in [7, 11) is 1.64. The van der Waals surface area contributed by atoms with Crippen LogP contribution >= 0.6 is 0 Å². The normalized spacial score (nSPS) is 16.4. The van der Waals surface area contributed by atoms with Gasteiger partial charge in [0.05, 0.1) is 12.2 Å². The SMILES string of the molecule is COC(C)CC(C)OCO[O]. The second-order valence-corrected chi connectivity index (χ2v) is 2.50. The van der Waals surface area contributed by atoms with E-state index in [1.54, 1.807) is 7.11 Å². The second kappa shape index (κ2) is 6.54. The average Bonchev–Trinajstić information content (AvgIpc) is 2.00. The molecule has 0 aromatic rings. The van der Waals surface area contributed by atoms with Crippen molar-refractivity contribution in [1.82, 2.24) is 0 Å². The highest BCUT2D eigenvalue weighted by Crippen LogP contribution is 2.03. The molecule has 0 saturated carbocycles. The van der Waals surface area contributed by atoms with Gasteiger partial charge in [-0.1, -0.05) is 0 Å². The minimum Gasteiger partial charge on any atom is -0.382 e. The molecule has 1 radical (unpaired) electrons. The first-order chi connectivity index (χ1) is 5.20. The van der Waals surface area contributed by atoms with Gasteiger partial charge in [0.15, 0.2) is 6.79 Å².